The lowest BCUT2D eigenvalue weighted by Crippen LogP contribution is -2.55. The van der Waals surface area contributed by atoms with Crippen LogP contribution in [0.4, 0.5) is 9.18 Å². The van der Waals surface area contributed by atoms with Crippen molar-refractivity contribution in [2.45, 2.75) is 39.0 Å². The third-order valence-corrected chi connectivity index (χ3v) is 4.42. The first kappa shape index (κ1) is 22.9. The minimum atomic E-state index is -1.05. The van der Waals surface area contributed by atoms with Crippen LogP contribution in [0, 0.1) is 11.7 Å². The van der Waals surface area contributed by atoms with Crippen LogP contribution in [0.25, 0.3) is 0 Å². The molecular formula is C22H26FN3O4. The van der Waals surface area contributed by atoms with Gasteiger partial charge in [0.2, 0.25) is 11.8 Å². The van der Waals surface area contributed by atoms with E-state index < -0.39 is 35.8 Å². The van der Waals surface area contributed by atoms with Gasteiger partial charge in [-0.2, -0.15) is 0 Å². The largest absolute Gasteiger partial charge is 0.445 e. The van der Waals surface area contributed by atoms with Crippen LogP contribution in [0.5, 0.6) is 0 Å². The number of hydrogen-bond donors (Lipinski definition) is 3. The molecule has 2 atom stereocenters. The summed E-state index contributed by atoms with van der Waals surface area (Å²) in [6, 6.07) is 12.8. The van der Waals surface area contributed by atoms with E-state index in [4.69, 9.17) is 10.5 Å². The van der Waals surface area contributed by atoms with E-state index in [1.165, 1.54) is 18.2 Å². The fraction of sp³-hybridized carbons (Fsp3) is 0.318. The minimum Gasteiger partial charge on any atom is -0.445 e. The fourth-order valence-electron chi connectivity index (χ4n) is 2.81. The highest BCUT2D eigenvalue weighted by molar-refractivity contribution is 5.91. The standard InChI is InChI=1S/C22H26FN3O4/c1-14(2)19(26-22(29)30-13-15-7-4-3-5-8-15)21(28)25-18(20(24)27)12-16-9-6-10-17(23)11-16/h3-11,14,18-19H,12-13H2,1-2H3,(H2,24,27)(H,25,28)(H,26,29)/t18-,19+/m1/s1. The zero-order chi connectivity index (χ0) is 22.1. The van der Waals surface area contributed by atoms with Crippen molar-refractivity contribution >= 4 is 17.9 Å². The number of rotatable bonds is 9. The van der Waals surface area contributed by atoms with Gasteiger partial charge in [0.15, 0.2) is 0 Å². The minimum absolute atomic E-state index is 0.0299. The summed E-state index contributed by atoms with van der Waals surface area (Å²) in [5, 5.41) is 5.06. The Labute approximate surface area is 174 Å². The normalized spacial score (nSPS) is 12.7. The number of hydrogen-bond acceptors (Lipinski definition) is 4. The van der Waals surface area contributed by atoms with Gasteiger partial charge in [0.1, 0.15) is 24.5 Å². The van der Waals surface area contributed by atoms with Gasteiger partial charge in [-0.05, 0) is 29.2 Å². The molecule has 0 saturated carbocycles. The predicted octanol–water partition coefficient (Wildman–Crippen LogP) is 2.29. The van der Waals surface area contributed by atoms with Crippen LogP contribution in [0.2, 0.25) is 0 Å². The van der Waals surface area contributed by atoms with Gasteiger partial charge in [-0.25, -0.2) is 9.18 Å². The SMILES string of the molecule is CC(C)[C@H](NC(=O)OCc1ccccc1)C(=O)N[C@H](Cc1cccc(F)c1)C(N)=O. The average Bonchev–Trinajstić information content (AvgIpc) is 2.70. The van der Waals surface area contributed by atoms with E-state index in [0.717, 1.165) is 5.56 Å². The van der Waals surface area contributed by atoms with E-state index in [9.17, 15) is 18.8 Å². The molecule has 30 heavy (non-hydrogen) atoms. The van der Waals surface area contributed by atoms with Crippen molar-refractivity contribution in [2.75, 3.05) is 0 Å². The summed E-state index contributed by atoms with van der Waals surface area (Å²) in [5.41, 5.74) is 6.72. The van der Waals surface area contributed by atoms with Crippen LogP contribution in [-0.4, -0.2) is 30.0 Å². The highest BCUT2D eigenvalue weighted by Crippen LogP contribution is 2.09. The van der Waals surface area contributed by atoms with Gasteiger partial charge in [0, 0.05) is 6.42 Å². The first-order valence-electron chi connectivity index (χ1n) is 9.57. The van der Waals surface area contributed by atoms with Crippen LogP contribution in [-0.2, 0) is 27.4 Å². The maximum atomic E-state index is 13.4. The molecule has 0 fully saturated rings. The lowest BCUT2D eigenvalue weighted by atomic mass is 10.0. The third-order valence-electron chi connectivity index (χ3n) is 4.42. The number of carbonyl (C=O) groups is 3. The summed E-state index contributed by atoms with van der Waals surface area (Å²) in [6.45, 7) is 3.55. The molecule has 0 saturated heterocycles. The van der Waals surface area contributed by atoms with E-state index in [2.05, 4.69) is 10.6 Å². The Balaban J connectivity index is 1.98. The van der Waals surface area contributed by atoms with Crippen LogP contribution in [0.1, 0.15) is 25.0 Å². The highest BCUT2D eigenvalue weighted by atomic mass is 19.1. The summed E-state index contributed by atoms with van der Waals surface area (Å²) in [6.07, 6.45) is -0.726. The van der Waals surface area contributed by atoms with Crippen molar-refractivity contribution in [1.29, 1.82) is 0 Å². The van der Waals surface area contributed by atoms with E-state index in [0.29, 0.717) is 5.56 Å². The molecule has 0 aliphatic rings. The molecule has 0 aliphatic heterocycles. The van der Waals surface area contributed by atoms with Crippen LogP contribution < -0.4 is 16.4 Å². The summed E-state index contributed by atoms with van der Waals surface area (Å²) in [4.78, 5) is 36.6. The van der Waals surface area contributed by atoms with Gasteiger partial charge in [-0.15, -0.1) is 0 Å². The van der Waals surface area contributed by atoms with Gasteiger partial charge in [-0.1, -0.05) is 56.3 Å². The molecule has 0 aliphatic carbocycles. The van der Waals surface area contributed by atoms with Gasteiger partial charge in [-0.3, -0.25) is 9.59 Å². The lowest BCUT2D eigenvalue weighted by molar-refractivity contribution is -0.129. The van der Waals surface area contributed by atoms with E-state index in [1.807, 2.05) is 30.3 Å². The summed E-state index contributed by atoms with van der Waals surface area (Å²) in [7, 11) is 0. The van der Waals surface area contributed by atoms with Crippen molar-refractivity contribution in [3.8, 4) is 0 Å². The zero-order valence-electron chi connectivity index (χ0n) is 16.9. The number of amides is 3. The first-order valence-corrected chi connectivity index (χ1v) is 9.57. The van der Waals surface area contributed by atoms with Crippen molar-refractivity contribution in [2.24, 2.45) is 11.7 Å². The summed E-state index contributed by atoms with van der Waals surface area (Å²) < 4.78 is 18.5. The Morgan fingerprint density at radius 1 is 1.00 bits per heavy atom. The van der Waals surface area contributed by atoms with Crippen molar-refractivity contribution < 1.29 is 23.5 Å². The average molecular weight is 415 g/mol. The van der Waals surface area contributed by atoms with E-state index in [1.54, 1.807) is 19.9 Å². The van der Waals surface area contributed by atoms with Crippen molar-refractivity contribution in [1.82, 2.24) is 10.6 Å². The first-order chi connectivity index (χ1) is 14.3. The fourth-order valence-corrected chi connectivity index (χ4v) is 2.81. The molecule has 3 amide bonds. The van der Waals surface area contributed by atoms with Gasteiger partial charge in [0.05, 0.1) is 0 Å². The van der Waals surface area contributed by atoms with Crippen molar-refractivity contribution in [3.63, 3.8) is 0 Å². The molecule has 2 rings (SSSR count). The van der Waals surface area contributed by atoms with Crippen LogP contribution in [0.15, 0.2) is 54.6 Å². The number of nitrogens with two attached hydrogens (primary N) is 1. The second-order valence-corrected chi connectivity index (χ2v) is 7.23. The highest BCUT2D eigenvalue weighted by Gasteiger charge is 2.28. The predicted molar refractivity (Wildman–Crippen MR) is 110 cm³/mol. The molecule has 0 heterocycles. The molecule has 160 valence electrons. The third kappa shape index (κ3) is 7.20. The summed E-state index contributed by atoms with van der Waals surface area (Å²) in [5.74, 6) is -2.08. The van der Waals surface area contributed by atoms with Crippen molar-refractivity contribution in [3.05, 3.63) is 71.5 Å². The molecule has 2 aromatic rings. The number of carbonyl (C=O) groups excluding carboxylic acids is 3. The Hall–Kier alpha value is -3.42. The molecule has 7 nitrogen and oxygen atoms in total. The zero-order valence-corrected chi connectivity index (χ0v) is 16.9. The van der Waals surface area contributed by atoms with Gasteiger partial charge >= 0.3 is 6.09 Å². The second-order valence-electron chi connectivity index (χ2n) is 7.23. The van der Waals surface area contributed by atoms with Gasteiger partial charge in [0.25, 0.3) is 0 Å². The van der Waals surface area contributed by atoms with E-state index in [-0.39, 0.29) is 18.9 Å². The number of ether oxygens (including phenoxy) is 1. The Kier molecular flexibility index (Phi) is 8.34. The van der Waals surface area contributed by atoms with Crippen LogP contribution in [0.3, 0.4) is 0 Å². The molecular weight excluding hydrogens is 389 g/mol. The molecule has 0 radical (unpaired) electrons. The number of halogens is 1. The molecule has 8 heteroatoms. The number of primary amides is 1. The maximum Gasteiger partial charge on any atom is 0.408 e. The monoisotopic (exact) mass is 415 g/mol. The molecule has 0 aromatic heterocycles. The molecule has 4 N–H and O–H groups in total. The number of benzene rings is 2. The van der Waals surface area contributed by atoms with Crippen LogP contribution >= 0.6 is 0 Å². The topological polar surface area (TPSA) is 111 Å². The molecule has 2 aromatic carbocycles. The Morgan fingerprint density at radius 2 is 1.67 bits per heavy atom. The number of nitrogens with one attached hydrogen (secondary N) is 2. The summed E-state index contributed by atoms with van der Waals surface area (Å²) >= 11 is 0. The quantitative estimate of drug-likeness (QED) is 0.584. The molecule has 0 unspecified atom stereocenters. The van der Waals surface area contributed by atoms with Gasteiger partial charge < -0.3 is 21.1 Å². The Morgan fingerprint density at radius 3 is 2.27 bits per heavy atom. The maximum absolute atomic E-state index is 13.4. The number of alkyl carbamates (subject to hydrolysis) is 1. The lowest BCUT2D eigenvalue weighted by Gasteiger charge is -2.24. The smallest absolute Gasteiger partial charge is 0.408 e. The Bertz CT molecular complexity index is 874. The molecule has 0 spiro atoms. The van der Waals surface area contributed by atoms with E-state index >= 15 is 0 Å². The molecule has 0 bridgehead atoms. The second kappa shape index (κ2) is 10.9.